The summed E-state index contributed by atoms with van der Waals surface area (Å²) in [5, 5.41) is 0. The molecule has 2 heterocycles. The second-order valence-corrected chi connectivity index (χ2v) is 12.2. The molecule has 3 aromatic carbocycles. The maximum Gasteiger partial charge on any atom is 0.343 e. The van der Waals surface area contributed by atoms with Crippen LogP contribution in [0.3, 0.4) is 0 Å². The minimum atomic E-state index is -0.877. The highest BCUT2D eigenvalue weighted by molar-refractivity contribution is 7.07. The second kappa shape index (κ2) is 16.4. The highest BCUT2D eigenvalue weighted by Gasteiger charge is 2.34. The van der Waals surface area contributed by atoms with Crippen LogP contribution in [0, 0.1) is 6.92 Å². The Kier molecular flexibility index (Phi) is 11.8. The molecule has 11 nitrogen and oxygen atoms in total. The number of hydrogen-bond donors (Lipinski definition) is 0. The summed E-state index contributed by atoms with van der Waals surface area (Å²) in [6.07, 6.45) is 1.77. The summed E-state index contributed by atoms with van der Waals surface area (Å²) in [5.41, 5.74) is 3.82. The van der Waals surface area contributed by atoms with Gasteiger partial charge in [0.1, 0.15) is 6.61 Å². The van der Waals surface area contributed by atoms with Crippen LogP contribution in [-0.4, -0.2) is 50.0 Å². The van der Waals surface area contributed by atoms with Crippen molar-refractivity contribution in [1.82, 2.24) is 4.57 Å². The first-order valence-electron chi connectivity index (χ1n) is 16.3. The molecule has 0 spiro atoms. The second-order valence-electron chi connectivity index (χ2n) is 11.2. The molecule has 1 aromatic heterocycles. The molecule has 262 valence electrons. The summed E-state index contributed by atoms with van der Waals surface area (Å²) in [6.45, 7) is 10.1. The monoisotopic (exact) mass is 700 g/mol. The molecule has 1 atom stereocenters. The molecular weight excluding hydrogens is 660 g/mol. The summed E-state index contributed by atoms with van der Waals surface area (Å²) in [5.74, 6) is 0.650. The van der Waals surface area contributed by atoms with Crippen LogP contribution >= 0.6 is 11.3 Å². The van der Waals surface area contributed by atoms with E-state index in [2.05, 4.69) is 4.99 Å². The lowest BCUT2D eigenvalue weighted by atomic mass is 9.95. The van der Waals surface area contributed by atoms with E-state index in [0.29, 0.717) is 63.4 Å². The lowest BCUT2D eigenvalue weighted by molar-refractivity contribution is -0.143. The number of aryl methyl sites for hydroxylation is 1. The van der Waals surface area contributed by atoms with Gasteiger partial charge in [-0.25, -0.2) is 14.6 Å². The Morgan fingerprint density at radius 1 is 0.840 bits per heavy atom. The zero-order chi connectivity index (χ0) is 35.8. The number of fused-ring (bicyclic) bond motifs is 1. The molecule has 0 saturated heterocycles. The number of esters is 2. The number of allylic oxidation sites excluding steroid dienone is 1. The van der Waals surface area contributed by atoms with Gasteiger partial charge in [-0.3, -0.25) is 9.36 Å². The molecule has 1 aliphatic rings. The van der Waals surface area contributed by atoms with Crippen molar-refractivity contribution in [2.24, 2.45) is 4.99 Å². The molecule has 0 saturated carbocycles. The summed E-state index contributed by atoms with van der Waals surface area (Å²) in [4.78, 5) is 44.5. The Balaban J connectivity index is 1.56. The number of methoxy groups -OCH3 is 1. The van der Waals surface area contributed by atoms with Crippen molar-refractivity contribution in [2.75, 3.05) is 33.5 Å². The van der Waals surface area contributed by atoms with Gasteiger partial charge >= 0.3 is 11.9 Å². The van der Waals surface area contributed by atoms with E-state index in [1.54, 1.807) is 38.1 Å². The van der Waals surface area contributed by atoms with Crippen molar-refractivity contribution in [3.05, 3.63) is 114 Å². The van der Waals surface area contributed by atoms with Crippen molar-refractivity contribution < 1.29 is 38.0 Å². The number of rotatable bonds is 14. The standard InChI is InChI=1S/C38H40N2O9S/c1-7-45-30-18-26(14-16-28(30)48-21-25-12-10-23(4)11-13-25)19-32-36(42)40-35(34(37(43)47-9-3)24(5)39-38(40)50-32)27-15-17-29(31(20-27)46-8-2)49-22-33(41)44-6/h10-20,35H,7-9,21-22H2,1-6H3/b32-19-/t35-/m0/s1. The van der Waals surface area contributed by atoms with E-state index in [9.17, 15) is 14.4 Å². The third kappa shape index (κ3) is 8.08. The first-order valence-corrected chi connectivity index (χ1v) is 17.1. The van der Waals surface area contributed by atoms with Crippen molar-refractivity contribution in [3.63, 3.8) is 0 Å². The van der Waals surface area contributed by atoms with Gasteiger partial charge in [0.15, 0.2) is 34.4 Å². The van der Waals surface area contributed by atoms with Crippen LogP contribution in [0.15, 0.2) is 81.7 Å². The predicted molar refractivity (Wildman–Crippen MR) is 189 cm³/mol. The molecule has 1 aliphatic heterocycles. The van der Waals surface area contributed by atoms with Crippen molar-refractivity contribution in [3.8, 4) is 23.0 Å². The van der Waals surface area contributed by atoms with E-state index in [0.717, 1.165) is 11.1 Å². The van der Waals surface area contributed by atoms with E-state index in [1.165, 1.54) is 28.6 Å². The lowest BCUT2D eigenvalue weighted by Crippen LogP contribution is -2.40. The van der Waals surface area contributed by atoms with Gasteiger partial charge in [0.05, 0.1) is 48.8 Å². The van der Waals surface area contributed by atoms with Crippen LogP contribution in [0.5, 0.6) is 23.0 Å². The Bertz CT molecular complexity index is 2080. The first kappa shape index (κ1) is 35.9. The highest BCUT2D eigenvalue weighted by atomic mass is 32.1. The number of hydrogen-bond acceptors (Lipinski definition) is 11. The number of benzene rings is 3. The lowest BCUT2D eigenvalue weighted by Gasteiger charge is -2.25. The van der Waals surface area contributed by atoms with Crippen molar-refractivity contribution >= 4 is 29.4 Å². The van der Waals surface area contributed by atoms with Crippen LogP contribution in [0.4, 0.5) is 0 Å². The smallest absolute Gasteiger partial charge is 0.343 e. The van der Waals surface area contributed by atoms with Crippen LogP contribution in [0.2, 0.25) is 0 Å². The summed E-state index contributed by atoms with van der Waals surface area (Å²) in [6, 6.07) is 17.8. The number of carbonyl (C=O) groups is 2. The van der Waals surface area contributed by atoms with Crippen LogP contribution in [0.25, 0.3) is 6.08 Å². The SMILES string of the molecule is CCOC(=O)C1=C(C)N=c2s/c(=C\c3ccc(OCc4ccc(C)cc4)c(OCC)c3)c(=O)n2[C@H]1c1ccc(OCC(=O)OC)c(OCC)c1. The average molecular weight is 701 g/mol. The Morgan fingerprint density at radius 3 is 2.20 bits per heavy atom. The van der Waals surface area contributed by atoms with Crippen molar-refractivity contribution in [2.45, 2.75) is 47.3 Å². The highest BCUT2D eigenvalue weighted by Crippen LogP contribution is 2.36. The molecule has 0 N–H and O–H groups in total. The van der Waals surface area contributed by atoms with Crippen LogP contribution < -0.4 is 33.8 Å². The molecule has 0 fully saturated rings. The quantitative estimate of drug-likeness (QED) is 0.167. The largest absolute Gasteiger partial charge is 0.490 e. The van der Waals surface area contributed by atoms with Gasteiger partial charge in [0.25, 0.3) is 5.56 Å². The molecule has 50 heavy (non-hydrogen) atoms. The first-order chi connectivity index (χ1) is 24.2. The van der Waals surface area contributed by atoms with E-state index >= 15 is 0 Å². The molecular formula is C38H40N2O9S. The molecule has 5 rings (SSSR count). The van der Waals surface area contributed by atoms with E-state index in [1.807, 2.05) is 63.2 Å². The molecule has 0 radical (unpaired) electrons. The summed E-state index contributed by atoms with van der Waals surface area (Å²) < 4.78 is 35.5. The number of aromatic nitrogens is 1. The topological polar surface area (TPSA) is 124 Å². The van der Waals surface area contributed by atoms with Gasteiger partial charge in [-0.15, -0.1) is 0 Å². The number of thiazole rings is 1. The minimum Gasteiger partial charge on any atom is -0.490 e. The number of nitrogens with zero attached hydrogens (tertiary/aromatic N) is 2. The zero-order valence-electron chi connectivity index (χ0n) is 28.9. The minimum absolute atomic E-state index is 0.143. The summed E-state index contributed by atoms with van der Waals surface area (Å²) >= 11 is 1.21. The Hall–Kier alpha value is -5.36. The fourth-order valence-corrected chi connectivity index (χ4v) is 6.43. The Labute approximate surface area is 294 Å². The van der Waals surface area contributed by atoms with Gasteiger partial charge in [-0.2, -0.15) is 0 Å². The maximum absolute atomic E-state index is 14.2. The van der Waals surface area contributed by atoms with Crippen molar-refractivity contribution in [1.29, 1.82) is 0 Å². The van der Waals surface area contributed by atoms with Gasteiger partial charge in [-0.1, -0.05) is 53.3 Å². The van der Waals surface area contributed by atoms with Gasteiger partial charge in [0.2, 0.25) is 0 Å². The average Bonchev–Trinajstić information content (AvgIpc) is 3.41. The van der Waals surface area contributed by atoms with Gasteiger partial charge in [-0.05, 0) is 81.7 Å². The van der Waals surface area contributed by atoms with E-state index in [4.69, 9.17) is 28.4 Å². The molecule has 0 aliphatic carbocycles. The normalized spacial score (nSPS) is 14.0. The predicted octanol–water partition coefficient (Wildman–Crippen LogP) is 5.03. The van der Waals surface area contributed by atoms with E-state index < -0.39 is 18.0 Å². The number of carbonyl (C=O) groups excluding carboxylic acids is 2. The molecule has 0 amide bonds. The fraction of sp³-hybridized carbons (Fsp3) is 0.316. The van der Waals surface area contributed by atoms with Crippen LogP contribution in [-0.2, 0) is 25.7 Å². The molecule has 4 aromatic rings. The maximum atomic E-state index is 14.2. The third-order valence-corrected chi connectivity index (χ3v) is 8.74. The van der Waals surface area contributed by atoms with Gasteiger partial charge in [0, 0.05) is 0 Å². The van der Waals surface area contributed by atoms with Crippen LogP contribution in [0.1, 0.15) is 56.0 Å². The molecule has 12 heteroatoms. The third-order valence-electron chi connectivity index (χ3n) is 7.75. The van der Waals surface area contributed by atoms with Gasteiger partial charge < -0.3 is 28.4 Å². The molecule has 0 unspecified atom stereocenters. The zero-order valence-corrected chi connectivity index (χ0v) is 29.8. The number of ether oxygens (including phenoxy) is 6. The fourth-order valence-electron chi connectivity index (χ4n) is 5.38. The molecule has 0 bridgehead atoms. The van der Waals surface area contributed by atoms with E-state index in [-0.39, 0.29) is 24.3 Å². The summed E-state index contributed by atoms with van der Waals surface area (Å²) in [7, 11) is 1.27. The Morgan fingerprint density at radius 2 is 1.52 bits per heavy atom.